The third kappa shape index (κ3) is 6.26. The molecule has 0 aromatic carbocycles. The average molecular weight is 502 g/mol. The summed E-state index contributed by atoms with van der Waals surface area (Å²) in [6.45, 7) is 7.60. The van der Waals surface area contributed by atoms with Crippen molar-refractivity contribution in [2.75, 3.05) is 33.4 Å². The van der Waals surface area contributed by atoms with Crippen molar-refractivity contribution in [1.29, 1.82) is 0 Å². The quantitative estimate of drug-likeness (QED) is 0.620. The fourth-order valence-electron chi connectivity index (χ4n) is 4.27. The summed E-state index contributed by atoms with van der Waals surface area (Å²) in [5.41, 5.74) is 1.15. The smallest absolute Gasteiger partial charge is 0.410 e. The number of nitrogens with zero attached hydrogens (tertiary/aromatic N) is 4. The van der Waals surface area contributed by atoms with E-state index < -0.39 is 23.9 Å². The first-order valence-corrected chi connectivity index (χ1v) is 12.3. The predicted molar refractivity (Wildman–Crippen MR) is 131 cm³/mol. The summed E-state index contributed by atoms with van der Waals surface area (Å²) in [5, 5.41) is 3.63. The molecule has 2 aromatic rings. The second kappa shape index (κ2) is 10.7. The maximum absolute atomic E-state index is 13.6. The first kappa shape index (κ1) is 25.7. The van der Waals surface area contributed by atoms with Gasteiger partial charge in [0.2, 0.25) is 0 Å². The average Bonchev–Trinajstić information content (AvgIpc) is 3.64. The minimum absolute atomic E-state index is 0.122. The molecule has 11 heteroatoms. The monoisotopic (exact) mass is 501 g/mol. The summed E-state index contributed by atoms with van der Waals surface area (Å²) in [4.78, 5) is 45.5. The molecule has 1 aliphatic heterocycles. The largest absolute Gasteiger partial charge is 0.453 e. The number of methoxy groups -OCH3 is 1. The summed E-state index contributed by atoms with van der Waals surface area (Å²) in [6.07, 6.45) is 3.93. The highest BCUT2D eigenvalue weighted by atomic mass is 16.6. The lowest BCUT2D eigenvalue weighted by molar-refractivity contribution is -0.150. The third-order valence-electron chi connectivity index (χ3n) is 6.13. The molecule has 3 amide bonds. The maximum Gasteiger partial charge on any atom is 0.410 e. The number of morpholine rings is 1. The highest BCUT2D eigenvalue weighted by Gasteiger charge is 2.39. The molecule has 1 saturated carbocycles. The molecule has 1 atom stereocenters. The van der Waals surface area contributed by atoms with Crippen LogP contribution in [0.5, 0.6) is 0 Å². The van der Waals surface area contributed by atoms with E-state index in [1.807, 2.05) is 48.6 Å². The Balaban J connectivity index is 1.48. The lowest BCUT2D eigenvalue weighted by atomic mass is 10.1. The van der Waals surface area contributed by atoms with Crippen LogP contribution in [0.4, 0.5) is 9.59 Å². The lowest BCUT2D eigenvalue weighted by Gasteiger charge is -2.35. The van der Waals surface area contributed by atoms with Crippen molar-refractivity contribution >= 4 is 29.1 Å². The van der Waals surface area contributed by atoms with Crippen LogP contribution < -0.4 is 5.32 Å². The molecule has 0 unspecified atom stereocenters. The van der Waals surface area contributed by atoms with E-state index in [-0.39, 0.29) is 25.1 Å². The Morgan fingerprint density at radius 1 is 1.28 bits per heavy atom. The minimum atomic E-state index is -0.734. The van der Waals surface area contributed by atoms with Crippen LogP contribution in [-0.2, 0) is 32.1 Å². The molecule has 2 aromatic heterocycles. The molecule has 1 saturated heterocycles. The fourth-order valence-corrected chi connectivity index (χ4v) is 4.27. The molecule has 2 fully saturated rings. The van der Waals surface area contributed by atoms with Crippen molar-refractivity contribution in [3.05, 3.63) is 30.1 Å². The lowest BCUT2D eigenvalue weighted by Crippen LogP contribution is -2.53. The van der Waals surface area contributed by atoms with Gasteiger partial charge in [-0.3, -0.25) is 4.79 Å². The van der Waals surface area contributed by atoms with Gasteiger partial charge in [-0.1, -0.05) is 0 Å². The number of fused-ring (bicyclic) bond motifs is 1. The van der Waals surface area contributed by atoms with Gasteiger partial charge in [0.25, 0.3) is 5.91 Å². The van der Waals surface area contributed by atoms with Gasteiger partial charge in [0.05, 0.1) is 20.3 Å². The number of alkyl carbamates (subject to hydrolysis) is 1. The van der Waals surface area contributed by atoms with E-state index in [0.717, 1.165) is 29.4 Å². The van der Waals surface area contributed by atoms with Gasteiger partial charge in [-0.05, 0) is 51.3 Å². The van der Waals surface area contributed by atoms with Crippen LogP contribution in [0.15, 0.2) is 24.5 Å². The Kier molecular flexibility index (Phi) is 7.67. The summed E-state index contributed by atoms with van der Waals surface area (Å²) in [6, 6.07) is 4.00. The highest BCUT2D eigenvalue weighted by Crippen LogP contribution is 2.31. The molecule has 4 rings (SSSR count). The maximum atomic E-state index is 13.6. The van der Waals surface area contributed by atoms with E-state index in [1.165, 1.54) is 7.11 Å². The van der Waals surface area contributed by atoms with E-state index in [0.29, 0.717) is 26.2 Å². The van der Waals surface area contributed by atoms with Crippen LogP contribution in [0, 0.1) is 0 Å². The van der Waals surface area contributed by atoms with E-state index in [4.69, 9.17) is 9.47 Å². The predicted octanol–water partition coefficient (Wildman–Crippen LogP) is 2.52. The van der Waals surface area contributed by atoms with Crippen molar-refractivity contribution in [2.45, 2.75) is 64.4 Å². The summed E-state index contributed by atoms with van der Waals surface area (Å²) in [7, 11) is 1.33. The van der Waals surface area contributed by atoms with E-state index in [9.17, 15) is 14.4 Å². The van der Waals surface area contributed by atoms with Crippen molar-refractivity contribution in [3.8, 4) is 0 Å². The molecular formula is C25H35N5O6. The molecule has 2 aliphatic rings. The molecule has 1 aliphatic carbocycles. The fraction of sp³-hybridized carbons (Fsp3) is 0.600. The summed E-state index contributed by atoms with van der Waals surface area (Å²) >= 11 is 0. The van der Waals surface area contributed by atoms with E-state index >= 15 is 0 Å². The topological polar surface area (TPSA) is 115 Å². The zero-order chi connectivity index (χ0) is 25.9. The zero-order valence-electron chi connectivity index (χ0n) is 21.4. The normalized spacial score (nSPS) is 18.1. The van der Waals surface area contributed by atoms with E-state index in [1.54, 1.807) is 11.1 Å². The van der Waals surface area contributed by atoms with Crippen LogP contribution in [0.3, 0.4) is 0 Å². The number of nitrogens with one attached hydrogen (secondary N) is 1. The SMILES string of the molecule is COC(=O)NCCn1cc(CN(C(=O)[C@H]2CN(C(=O)OC(C)(C)C)CCO2)C2CC2)c2cccnc21. The van der Waals surface area contributed by atoms with Gasteiger partial charge in [0.1, 0.15) is 11.2 Å². The van der Waals surface area contributed by atoms with Crippen molar-refractivity contribution in [3.63, 3.8) is 0 Å². The first-order chi connectivity index (χ1) is 17.2. The molecule has 0 spiro atoms. The van der Waals surface area contributed by atoms with Gasteiger partial charge in [0.15, 0.2) is 6.10 Å². The van der Waals surface area contributed by atoms with Crippen LogP contribution >= 0.6 is 0 Å². The van der Waals surface area contributed by atoms with Crippen LogP contribution in [-0.4, -0.2) is 88.5 Å². The Hall–Kier alpha value is -3.34. The Morgan fingerprint density at radius 3 is 2.75 bits per heavy atom. The van der Waals surface area contributed by atoms with Gasteiger partial charge in [-0.15, -0.1) is 0 Å². The van der Waals surface area contributed by atoms with Gasteiger partial charge >= 0.3 is 12.2 Å². The zero-order valence-corrected chi connectivity index (χ0v) is 21.4. The van der Waals surface area contributed by atoms with E-state index in [2.05, 4.69) is 15.0 Å². The molecule has 11 nitrogen and oxygen atoms in total. The Labute approximate surface area is 210 Å². The molecule has 0 radical (unpaired) electrons. The first-order valence-electron chi connectivity index (χ1n) is 12.3. The second-order valence-electron chi connectivity index (χ2n) is 10.1. The Bertz CT molecular complexity index is 1110. The van der Waals surface area contributed by atoms with Gasteiger partial charge in [0, 0.05) is 50.0 Å². The Morgan fingerprint density at radius 2 is 2.06 bits per heavy atom. The van der Waals surface area contributed by atoms with Crippen LogP contribution in [0.1, 0.15) is 39.2 Å². The van der Waals surface area contributed by atoms with Crippen molar-refractivity contribution in [2.24, 2.45) is 0 Å². The number of rotatable bonds is 7. The second-order valence-corrected chi connectivity index (χ2v) is 10.1. The number of amides is 3. The molecule has 0 bridgehead atoms. The number of carbonyl (C=O) groups is 3. The number of ether oxygens (including phenoxy) is 3. The molecular weight excluding hydrogens is 466 g/mol. The van der Waals surface area contributed by atoms with Gasteiger partial charge in [-0.25, -0.2) is 14.6 Å². The summed E-state index contributed by atoms with van der Waals surface area (Å²) in [5.74, 6) is -0.122. The van der Waals surface area contributed by atoms with Gasteiger partial charge < -0.3 is 33.9 Å². The minimum Gasteiger partial charge on any atom is -0.453 e. The molecule has 3 heterocycles. The van der Waals surface area contributed by atoms with Gasteiger partial charge in [-0.2, -0.15) is 0 Å². The third-order valence-corrected chi connectivity index (χ3v) is 6.13. The molecule has 196 valence electrons. The number of carbonyl (C=O) groups excluding carboxylic acids is 3. The number of aromatic nitrogens is 2. The standard InChI is InChI=1S/C25H35N5O6/c1-25(2,3)36-24(33)29-12-13-35-20(16-29)22(31)30(18-7-8-18)15-17-14-28(11-10-27-23(32)34-4)21-19(17)6-5-9-26-21/h5-6,9,14,18,20H,7-8,10-13,15-16H2,1-4H3,(H,27,32)/t20-/m1/s1. The number of hydrogen-bond acceptors (Lipinski definition) is 7. The molecule has 1 N–H and O–H groups in total. The van der Waals surface area contributed by atoms with Crippen LogP contribution in [0.2, 0.25) is 0 Å². The van der Waals surface area contributed by atoms with Crippen LogP contribution in [0.25, 0.3) is 11.0 Å². The molecule has 36 heavy (non-hydrogen) atoms. The van der Waals surface area contributed by atoms with Crippen molar-refractivity contribution < 1.29 is 28.6 Å². The number of pyridine rings is 1. The van der Waals surface area contributed by atoms with Crippen molar-refractivity contribution in [1.82, 2.24) is 24.7 Å². The number of hydrogen-bond donors (Lipinski definition) is 1. The highest BCUT2D eigenvalue weighted by molar-refractivity contribution is 5.85. The summed E-state index contributed by atoms with van der Waals surface area (Å²) < 4.78 is 17.9.